The van der Waals surface area contributed by atoms with E-state index in [-0.39, 0.29) is 0 Å². The Morgan fingerprint density at radius 1 is 1.56 bits per heavy atom. The molecule has 4 nitrogen and oxygen atoms in total. The lowest BCUT2D eigenvalue weighted by Crippen LogP contribution is -2.16. The molecule has 0 fully saturated rings. The minimum atomic E-state index is 0.714. The van der Waals surface area contributed by atoms with Crippen LogP contribution < -0.4 is 5.32 Å². The molecule has 1 N–H and O–H groups in total. The summed E-state index contributed by atoms with van der Waals surface area (Å²) >= 11 is 0. The summed E-state index contributed by atoms with van der Waals surface area (Å²) in [6.07, 6.45) is 1.01. The van der Waals surface area contributed by atoms with Crippen molar-refractivity contribution < 1.29 is 4.74 Å². The van der Waals surface area contributed by atoms with Crippen molar-refractivity contribution >= 4 is 0 Å². The van der Waals surface area contributed by atoms with Crippen LogP contribution in [0.4, 0.5) is 0 Å². The van der Waals surface area contributed by atoms with Crippen molar-refractivity contribution in [3.8, 4) is 6.07 Å². The van der Waals surface area contributed by atoms with Gasteiger partial charge >= 0.3 is 0 Å². The fourth-order valence-electron chi connectivity index (χ4n) is 1.61. The fourth-order valence-corrected chi connectivity index (χ4v) is 1.61. The summed E-state index contributed by atoms with van der Waals surface area (Å²) in [5, 5.41) is 12.2. The van der Waals surface area contributed by atoms with E-state index in [1.807, 2.05) is 24.6 Å². The molecule has 1 rings (SSSR count). The summed E-state index contributed by atoms with van der Waals surface area (Å²) in [4.78, 5) is 0. The molecule has 0 saturated carbocycles. The molecule has 0 spiro atoms. The molecule has 0 atom stereocenters. The Bertz CT molecular complexity index is 376. The summed E-state index contributed by atoms with van der Waals surface area (Å²) in [6, 6.07) is 4.13. The van der Waals surface area contributed by atoms with Gasteiger partial charge in [-0.15, -0.1) is 0 Å². The van der Waals surface area contributed by atoms with Gasteiger partial charge in [0, 0.05) is 33.0 Å². The van der Waals surface area contributed by atoms with Gasteiger partial charge in [-0.1, -0.05) is 0 Å². The highest BCUT2D eigenvalue weighted by atomic mass is 16.5. The van der Waals surface area contributed by atoms with Crippen molar-refractivity contribution in [3.05, 3.63) is 23.0 Å². The van der Waals surface area contributed by atoms with Gasteiger partial charge in [0.1, 0.15) is 11.8 Å². The van der Waals surface area contributed by atoms with Gasteiger partial charge in [0.05, 0.1) is 0 Å². The Hall–Kier alpha value is -1.31. The summed E-state index contributed by atoms with van der Waals surface area (Å²) in [7, 11) is 3.63. The van der Waals surface area contributed by atoms with Crippen molar-refractivity contribution in [2.75, 3.05) is 20.3 Å². The van der Waals surface area contributed by atoms with Gasteiger partial charge in [-0.2, -0.15) is 5.26 Å². The van der Waals surface area contributed by atoms with E-state index >= 15 is 0 Å². The molecule has 1 aromatic rings. The lowest BCUT2D eigenvalue weighted by molar-refractivity contribution is 0.194. The quantitative estimate of drug-likeness (QED) is 0.737. The van der Waals surface area contributed by atoms with Crippen molar-refractivity contribution in [2.24, 2.45) is 7.05 Å². The third-order valence-corrected chi connectivity index (χ3v) is 2.77. The summed E-state index contributed by atoms with van der Waals surface area (Å²) < 4.78 is 6.89. The molecule has 16 heavy (non-hydrogen) atoms. The first-order valence-electron chi connectivity index (χ1n) is 5.45. The molecule has 0 aliphatic rings. The maximum absolute atomic E-state index is 8.89. The molecule has 0 radical (unpaired) electrons. The Morgan fingerprint density at radius 3 is 2.88 bits per heavy atom. The number of hydrogen-bond acceptors (Lipinski definition) is 3. The molecule has 1 heterocycles. The van der Waals surface area contributed by atoms with Crippen LogP contribution in [0.3, 0.4) is 0 Å². The van der Waals surface area contributed by atoms with Gasteiger partial charge in [-0.05, 0) is 31.5 Å². The third-order valence-electron chi connectivity index (χ3n) is 2.77. The van der Waals surface area contributed by atoms with E-state index < -0.39 is 0 Å². The molecule has 1 aromatic heterocycles. The van der Waals surface area contributed by atoms with Crippen molar-refractivity contribution in [3.63, 3.8) is 0 Å². The highest BCUT2D eigenvalue weighted by molar-refractivity contribution is 5.33. The minimum Gasteiger partial charge on any atom is -0.385 e. The molecule has 0 bridgehead atoms. The number of nitriles is 1. The van der Waals surface area contributed by atoms with Gasteiger partial charge in [0.25, 0.3) is 0 Å². The maximum atomic E-state index is 8.89. The zero-order valence-corrected chi connectivity index (χ0v) is 10.2. The number of rotatable bonds is 6. The van der Waals surface area contributed by atoms with Gasteiger partial charge in [-0.3, -0.25) is 0 Å². The van der Waals surface area contributed by atoms with Crippen LogP contribution in [0.25, 0.3) is 0 Å². The summed E-state index contributed by atoms with van der Waals surface area (Å²) in [5.41, 5.74) is 3.05. The molecule has 4 heteroatoms. The average molecular weight is 221 g/mol. The number of aromatic nitrogens is 1. The first-order valence-corrected chi connectivity index (χ1v) is 5.45. The SMILES string of the molecule is COCCCNCc1cc(C#N)n(C)c1C. The van der Waals surface area contributed by atoms with E-state index in [1.165, 1.54) is 5.56 Å². The van der Waals surface area contributed by atoms with Gasteiger partial charge in [0.15, 0.2) is 0 Å². The van der Waals surface area contributed by atoms with Crippen LogP contribution >= 0.6 is 0 Å². The van der Waals surface area contributed by atoms with E-state index in [4.69, 9.17) is 10.00 Å². The second-order valence-electron chi connectivity index (χ2n) is 3.83. The third kappa shape index (κ3) is 3.09. The molecule has 88 valence electrons. The lowest BCUT2D eigenvalue weighted by atomic mass is 10.2. The lowest BCUT2D eigenvalue weighted by Gasteiger charge is -2.04. The summed E-state index contributed by atoms with van der Waals surface area (Å²) in [5.74, 6) is 0. The number of nitrogens with zero attached hydrogens (tertiary/aromatic N) is 2. The maximum Gasteiger partial charge on any atom is 0.120 e. The molecule has 0 aromatic carbocycles. The molecule has 0 aliphatic heterocycles. The van der Waals surface area contributed by atoms with Crippen molar-refractivity contribution in [2.45, 2.75) is 19.9 Å². The smallest absolute Gasteiger partial charge is 0.120 e. The van der Waals surface area contributed by atoms with E-state index in [0.29, 0.717) is 5.69 Å². The van der Waals surface area contributed by atoms with Crippen LogP contribution in [0.2, 0.25) is 0 Å². The predicted octanol–water partition coefficient (Wildman–Crippen LogP) is 1.33. The number of ether oxygens (including phenoxy) is 1. The van der Waals surface area contributed by atoms with Gasteiger partial charge < -0.3 is 14.6 Å². The number of hydrogen-bond donors (Lipinski definition) is 1. The molecule has 0 saturated heterocycles. The topological polar surface area (TPSA) is 50.0 Å². The Labute approximate surface area is 96.8 Å². The molecule has 0 amide bonds. The molecular weight excluding hydrogens is 202 g/mol. The highest BCUT2D eigenvalue weighted by Crippen LogP contribution is 2.12. The second-order valence-corrected chi connectivity index (χ2v) is 3.83. The van der Waals surface area contributed by atoms with E-state index in [9.17, 15) is 0 Å². The van der Waals surface area contributed by atoms with Crippen LogP contribution in [0.1, 0.15) is 23.4 Å². The van der Waals surface area contributed by atoms with Crippen LogP contribution in [-0.2, 0) is 18.3 Å². The first-order chi connectivity index (χ1) is 7.70. The monoisotopic (exact) mass is 221 g/mol. The van der Waals surface area contributed by atoms with Crippen LogP contribution in [0, 0.1) is 18.3 Å². The first kappa shape index (κ1) is 12.8. The van der Waals surface area contributed by atoms with Crippen molar-refractivity contribution in [1.29, 1.82) is 5.26 Å². The van der Waals surface area contributed by atoms with Crippen molar-refractivity contribution in [1.82, 2.24) is 9.88 Å². The average Bonchev–Trinajstić information content (AvgIpc) is 2.56. The largest absolute Gasteiger partial charge is 0.385 e. The minimum absolute atomic E-state index is 0.714. The van der Waals surface area contributed by atoms with Gasteiger partial charge in [0.2, 0.25) is 0 Å². The Kier molecular flexibility index (Phi) is 5.03. The normalized spacial score (nSPS) is 10.4. The van der Waals surface area contributed by atoms with Crippen LogP contribution in [0.5, 0.6) is 0 Å². The molecular formula is C12H19N3O. The highest BCUT2D eigenvalue weighted by Gasteiger charge is 2.07. The van der Waals surface area contributed by atoms with Gasteiger partial charge in [-0.25, -0.2) is 0 Å². The fraction of sp³-hybridized carbons (Fsp3) is 0.583. The van der Waals surface area contributed by atoms with Crippen LogP contribution in [-0.4, -0.2) is 24.8 Å². The summed E-state index contributed by atoms with van der Waals surface area (Å²) in [6.45, 7) is 4.56. The molecule has 0 aliphatic carbocycles. The zero-order valence-electron chi connectivity index (χ0n) is 10.2. The van der Waals surface area contributed by atoms with Crippen LogP contribution in [0.15, 0.2) is 6.07 Å². The number of nitrogens with one attached hydrogen (secondary N) is 1. The van der Waals surface area contributed by atoms with E-state index in [2.05, 4.69) is 11.4 Å². The predicted molar refractivity (Wildman–Crippen MR) is 63.1 cm³/mol. The van der Waals surface area contributed by atoms with E-state index in [1.54, 1.807) is 7.11 Å². The molecule has 0 unspecified atom stereocenters. The Morgan fingerprint density at radius 2 is 2.31 bits per heavy atom. The Balaban J connectivity index is 2.46. The van der Waals surface area contributed by atoms with E-state index in [0.717, 1.165) is 31.8 Å². The second kappa shape index (κ2) is 6.31. The standard InChI is InChI=1S/C12H19N3O/c1-10-11(7-12(8-13)15(10)2)9-14-5-4-6-16-3/h7,14H,4-6,9H2,1-3H3. The number of methoxy groups -OCH3 is 1. The zero-order chi connectivity index (χ0) is 12.0.